The zero-order chi connectivity index (χ0) is 14.1. The molecule has 1 aromatic carbocycles. The summed E-state index contributed by atoms with van der Waals surface area (Å²) in [5.41, 5.74) is 2.30. The third-order valence-corrected chi connectivity index (χ3v) is 4.46. The summed E-state index contributed by atoms with van der Waals surface area (Å²) < 4.78 is 0. The van der Waals surface area contributed by atoms with Gasteiger partial charge in [0.15, 0.2) is 0 Å². The lowest BCUT2D eigenvalue weighted by Crippen LogP contribution is -2.52. The average molecular weight is 294 g/mol. The van der Waals surface area contributed by atoms with Crippen LogP contribution < -0.4 is 10.2 Å². The molecular formula is C15H20ClN3O. The summed E-state index contributed by atoms with van der Waals surface area (Å²) in [5.74, 6) is 0. The standard InChI is InChI=1S/C15H20ClN3O/c1-11-13(16)3-2-4-14(11)18-7-9-19(10-8-18)15(20)17-12-5-6-12/h2-4,12H,5-10H2,1H3,(H,17,20). The van der Waals surface area contributed by atoms with E-state index in [0.717, 1.165) is 49.6 Å². The zero-order valence-electron chi connectivity index (χ0n) is 11.7. The van der Waals surface area contributed by atoms with Crippen LogP contribution in [0.3, 0.4) is 0 Å². The molecule has 0 aromatic heterocycles. The zero-order valence-corrected chi connectivity index (χ0v) is 12.5. The lowest BCUT2D eigenvalue weighted by atomic mass is 10.1. The van der Waals surface area contributed by atoms with Gasteiger partial charge in [-0.05, 0) is 37.5 Å². The van der Waals surface area contributed by atoms with Crippen molar-refractivity contribution in [2.45, 2.75) is 25.8 Å². The maximum atomic E-state index is 12.0. The Morgan fingerprint density at radius 2 is 1.95 bits per heavy atom. The normalized spacial score (nSPS) is 19.1. The number of amides is 2. The molecular weight excluding hydrogens is 274 g/mol. The average Bonchev–Trinajstić information content (AvgIpc) is 3.26. The van der Waals surface area contributed by atoms with Crippen LogP contribution in [0, 0.1) is 6.92 Å². The number of benzene rings is 1. The van der Waals surface area contributed by atoms with Gasteiger partial charge < -0.3 is 15.1 Å². The lowest BCUT2D eigenvalue weighted by molar-refractivity contribution is 0.194. The molecule has 1 aliphatic carbocycles. The van der Waals surface area contributed by atoms with Gasteiger partial charge in [-0.25, -0.2) is 4.79 Å². The molecule has 0 radical (unpaired) electrons. The van der Waals surface area contributed by atoms with Gasteiger partial charge in [0, 0.05) is 42.9 Å². The first-order valence-electron chi connectivity index (χ1n) is 7.20. The molecule has 1 saturated carbocycles. The summed E-state index contributed by atoms with van der Waals surface area (Å²) in [7, 11) is 0. The number of anilines is 1. The first-order chi connectivity index (χ1) is 9.65. The van der Waals surface area contributed by atoms with Crippen molar-refractivity contribution in [2.24, 2.45) is 0 Å². The van der Waals surface area contributed by atoms with Crippen molar-refractivity contribution >= 4 is 23.3 Å². The molecule has 0 atom stereocenters. The largest absolute Gasteiger partial charge is 0.368 e. The van der Waals surface area contributed by atoms with Crippen LogP contribution >= 0.6 is 11.6 Å². The van der Waals surface area contributed by atoms with E-state index in [0.29, 0.717) is 6.04 Å². The maximum absolute atomic E-state index is 12.0. The predicted octanol–water partition coefficient (Wildman–Crippen LogP) is 2.64. The number of carbonyl (C=O) groups is 1. The first-order valence-corrected chi connectivity index (χ1v) is 7.58. The van der Waals surface area contributed by atoms with E-state index in [1.807, 2.05) is 24.0 Å². The van der Waals surface area contributed by atoms with E-state index >= 15 is 0 Å². The van der Waals surface area contributed by atoms with Crippen molar-refractivity contribution in [1.82, 2.24) is 10.2 Å². The highest BCUT2D eigenvalue weighted by atomic mass is 35.5. The minimum atomic E-state index is 0.0926. The number of nitrogens with zero attached hydrogens (tertiary/aromatic N) is 2. The van der Waals surface area contributed by atoms with Crippen LogP contribution in [0.5, 0.6) is 0 Å². The maximum Gasteiger partial charge on any atom is 0.317 e. The van der Waals surface area contributed by atoms with Crippen molar-refractivity contribution in [3.8, 4) is 0 Å². The van der Waals surface area contributed by atoms with E-state index in [9.17, 15) is 4.79 Å². The molecule has 0 bridgehead atoms. The summed E-state index contributed by atoms with van der Waals surface area (Å²) in [4.78, 5) is 16.2. The Labute approximate surface area is 124 Å². The van der Waals surface area contributed by atoms with Crippen LogP contribution in [-0.4, -0.2) is 43.2 Å². The van der Waals surface area contributed by atoms with E-state index in [1.165, 1.54) is 5.69 Å². The molecule has 20 heavy (non-hydrogen) atoms. The molecule has 2 aliphatic rings. The molecule has 1 N–H and O–H groups in total. The minimum absolute atomic E-state index is 0.0926. The number of carbonyl (C=O) groups excluding carboxylic acids is 1. The third kappa shape index (κ3) is 2.85. The second-order valence-corrected chi connectivity index (χ2v) is 5.99. The highest BCUT2D eigenvalue weighted by molar-refractivity contribution is 6.31. The van der Waals surface area contributed by atoms with Gasteiger partial charge in [0.2, 0.25) is 0 Å². The van der Waals surface area contributed by atoms with Crippen molar-refractivity contribution in [3.05, 3.63) is 28.8 Å². The Balaban J connectivity index is 1.60. The van der Waals surface area contributed by atoms with Crippen LogP contribution in [0.4, 0.5) is 10.5 Å². The summed E-state index contributed by atoms with van der Waals surface area (Å²) in [6.07, 6.45) is 2.26. The number of halogens is 1. The minimum Gasteiger partial charge on any atom is -0.368 e. The molecule has 0 spiro atoms. The number of hydrogen-bond donors (Lipinski definition) is 1. The Morgan fingerprint density at radius 3 is 2.60 bits per heavy atom. The van der Waals surface area contributed by atoms with E-state index in [2.05, 4.69) is 16.3 Å². The first kappa shape index (κ1) is 13.6. The molecule has 3 rings (SSSR count). The summed E-state index contributed by atoms with van der Waals surface area (Å²) in [6, 6.07) is 6.52. The lowest BCUT2D eigenvalue weighted by Gasteiger charge is -2.36. The van der Waals surface area contributed by atoms with Crippen LogP contribution in [0.15, 0.2) is 18.2 Å². The van der Waals surface area contributed by atoms with Crippen molar-refractivity contribution < 1.29 is 4.79 Å². The number of hydrogen-bond acceptors (Lipinski definition) is 2. The number of piperazine rings is 1. The van der Waals surface area contributed by atoms with Gasteiger partial charge in [0.05, 0.1) is 0 Å². The van der Waals surface area contributed by atoms with Crippen LogP contribution in [0.25, 0.3) is 0 Å². The molecule has 2 fully saturated rings. The molecule has 1 saturated heterocycles. The van der Waals surface area contributed by atoms with Gasteiger partial charge in [-0.1, -0.05) is 17.7 Å². The van der Waals surface area contributed by atoms with Gasteiger partial charge in [-0.15, -0.1) is 0 Å². The summed E-state index contributed by atoms with van der Waals surface area (Å²) >= 11 is 6.18. The van der Waals surface area contributed by atoms with Crippen LogP contribution in [-0.2, 0) is 0 Å². The predicted molar refractivity (Wildman–Crippen MR) is 81.5 cm³/mol. The second-order valence-electron chi connectivity index (χ2n) is 5.58. The quantitative estimate of drug-likeness (QED) is 0.910. The van der Waals surface area contributed by atoms with E-state index in [4.69, 9.17) is 11.6 Å². The molecule has 1 heterocycles. The van der Waals surface area contributed by atoms with Gasteiger partial charge in [-0.3, -0.25) is 0 Å². The number of rotatable bonds is 2. The fraction of sp³-hybridized carbons (Fsp3) is 0.533. The topological polar surface area (TPSA) is 35.6 Å². The Hall–Kier alpha value is -1.42. The van der Waals surface area contributed by atoms with E-state index in [1.54, 1.807) is 0 Å². The molecule has 4 nitrogen and oxygen atoms in total. The Kier molecular flexibility index (Phi) is 3.74. The molecule has 108 valence electrons. The van der Waals surface area contributed by atoms with Gasteiger partial charge >= 0.3 is 6.03 Å². The highest BCUT2D eigenvalue weighted by Crippen LogP contribution is 2.27. The van der Waals surface area contributed by atoms with E-state index < -0.39 is 0 Å². The smallest absolute Gasteiger partial charge is 0.317 e. The monoisotopic (exact) mass is 293 g/mol. The number of urea groups is 1. The summed E-state index contributed by atoms with van der Waals surface area (Å²) in [6.45, 7) is 5.30. The van der Waals surface area contributed by atoms with Crippen molar-refractivity contribution in [2.75, 3.05) is 31.1 Å². The van der Waals surface area contributed by atoms with Gasteiger partial charge in [0.25, 0.3) is 0 Å². The van der Waals surface area contributed by atoms with Crippen LogP contribution in [0.2, 0.25) is 5.02 Å². The van der Waals surface area contributed by atoms with Gasteiger partial charge in [-0.2, -0.15) is 0 Å². The Bertz CT molecular complexity index is 508. The van der Waals surface area contributed by atoms with E-state index in [-0.39, 0.29) is 6.03 Å². The van der Waals surface area contributed by atoms with Gasteiger partial charge in [0.1, 0.15) is 0 Å². The molecule has 0 unspecified atom stereocenters. The number of nitrogens with one attached hydrogen (secondary N) is 1. The summed E-state index contributed by atoms with van der Waals surface area (Å²) in [5, 5.41) is 3.85. The van der Waals surface area contributed by atoms with Crippen LogP contribution in [0.1, 0.15) is 18.4 Å². The molecule has 1 aromatic rings. The fourth-order valence-corrected chi connectivity index (χ4v) is 2.75. The van der Waals surface area contributed by atoms with Crippen molar-refractivity contribution in [1.29, 1.82) is 0 Å². The second kappa shape index (κ2) is 5.52. The SMILES string of the molecule is Cc1c(Cl)cccc1N1CCN(C(=O)NC2CC2)CC1. The van der Waals surface area contributed by atoms with Crippen molar-refractivity contribution in [3.63, 3.8) is 0 Å². The molecule has 5 heteroatoms. The fourth-order valence-electron chi connectivity index (χ4n) is 2.58. The Morgan fingerprint density at radius 1 is 1.25 bits per heavy atom. The third-order valence-electron chi connectivity index (χ3n) is 4.05. The molecule has 1 aliphatic heterocycles. The highest BCUT2D eigenvalue weighted by Gasteiger charge is 2.28. The molecule has 2 amide bonds.